The first kappa shape index (κ1) is 9.96. The van der Waals surface area contributed by atoms with Crippen molar-refractivity contribution in [3.8, 4) is 0 Å². The zero-order valence-corrected chi connectivity index (χ0v) is 8.14. The minimum Gasteiger partial charge on any atom is -0.329 e. The van der Waals surface area contributed by atoms with E-state index < -0.39 is 0 Å². The average Bonchev–Trinajstić information content (AvgIpc) is 2.32. The van der Waals surface area contributed by atoms with Gasteiger partial charge in [-0.2, -0.15) is 0 Å². The summed E-state index contributed by atoms with van der Waals surface area (Å²) < 4.78 is 0. The molecular weight excluding hydrogens is 150 g/mol. The lowest BCUT2D eigenvalue weighted by Crippen LogP contribution is -2.49. The molecule has 0 aromatic carbocycles. The van der Waals surface area contributed by atoms with E-state index >= 15 is 0 Å². The van der Waals surface area contributed by atoms with Crippen molar-refractivity contribution in [1.82, 2.24) is 4.90 Å². The van der Waals surface area contributed by atoms with E-state index in [1.54, 1.807) is 0 Å². The largest absolute Gasteiger partial charge is 0.329 e. The Kier molecular flexibility index (Phi) is 3.09. The van der Waals surface area contributed by atoms with Crippen LogP contribution in [0.2, 0.25) is 0 Å². The normalized spacial score (nSPS) is 31.8. The van der Waals surface area contributed by atoms with Crippen LogP contribution in [0.1, 0.15) is 20.3 Å². The zero-order valence-electron chi connectivity index (χ0n) is 8.14. The molecule has 0 aliphatic carbocycles. The highest BCUT2D eigenvalue weighted by atomic mass is 15.2. The number of rotatable bonds is 3. The Morgan fingerprint density at radius 2 is 2.17 bits per heavy atom. The van der Waals surface area contributed by atoms with Crippen molar-refractivity contribution in [1.29, 1.82) is 0 Å². The maximum atomic E-state index is 6.05. The molecule has 0 aromatic rings. The summed E-state index contributed by atoms with van der Waals surface area (Å²) in [5.74, 6) is 1.44. The molecule has 12 heavy (non-hydrogen) atoms. The highest BCUT2D eigenvalue weighted by molar-refractivity contribution is 4.97. The van der Waals surface area contributed by atoms with E-state index in [-0.39, 0.29) is 5.54 Å². The van der Waals surface area contributed by atoms with E-state index in [9.17, 15) is 0 Å². The van der Waals surface area contributed by atoms with Gasteiger partial charge in [0.2, 0.25) is 0 Å². The van der Waals surface area contributed by atoms with E-state index in [0.717, 1.165) is 26.1 Å². The molecular formula is C9H20N3. The highest BCUT2D eigenvalue weighted by Gasteiger charge is 2.32. The summed E-state index contributed by atoms with van der Waals surface area (Å²) in [4.78, 5) is 2.38. The predicted octanol–water partition coefficient (Wildman–Crippen LogP) is -0.0374. The lowest BCUT2D eigenvalue weighted by Gasteiger charge is -2.23. The molecule has 4 N–H and O–H groups in total. The summed E-state index contributed by atoms with van der Waals surface area (Å²) in [6.07, 6.45) is 1.04. The van der Waals surface area contributed by atoms with Crippen molar-refractivity contribution in [2.24, 2.45) is 11.5 Å². The lowest BCUT2D eigenvalue weighted by atomic mass is 10.0. The Morgan fingerprint density at radius 1 is 1.50 bits per heavy atom. The molecule has 0 bridgehead atoms. The third-order valence-corrected chi connectivity index (χ3v) is 2.41. The van der Waals surface area contributed by atoms with Crippen LogP contribution in [0.5, 0.6) is 0 Å². The molecule has 0 spiro atoms. The monoisotopic (exact) mass is 170 g/mol. The number of likely N-dealkylation sites (tertiary alicyclic amines) is 1. The van der Waals surface area contributed by atoms with Crippen LogP contribution in [0.4, 0.5) is 0 Å². The van der Waals surface area contributed by atoms with Crippen molar-refractivity contribution in [3.63, 3.8) is 0 Å². The Morgan fingerprint density at radius 3 is 2.58 bits per heavy atom. The fourth-order valence-electron chi connectivity index (χ4n) is 1.73. The van der Waals surface area contributed by atoms with Crippen molar-refractivity contribution < 1.29 is 0 Å². The Labute approximate surface area is 75.1 Å². The summed E-state index contributed by atoms with van der Waals surface area (Å²) in [5.41, 5.74) is 11.5. The third-order valence-electron chi connectivity index (χ3n) is 2.41. The maximum Gasteiger partial charge on any atom is 0.0419 e. The minimum absolute atomic E-state index is 0.116. The van der Waals surface area contributed by atoms with Crippen LogP contribution in [0.3, 0.4) is 0 Å². The van der Waals surface area contributed by atoms with E-state index in [4.69, 9.17) is 11.5 Å². The fraction of sp³-hybridized carbons (Fsp3) is 0.889. The van der Waals surface area contributed by atoms with Crippen LogP contribution in [-0.4, -0.2) is 36.6 Å². The molecule has 1 aliphatic rings. The quantitative estimate of drug-likeness (QED) is 0.625. The van der Waals surface area contributed by atoms with Crippen LogP contribution in [-0.2, 0) is 0 Å². The first-order valence-electron chi connectivity index (χ1n) is 4.56. The van der Waals surface area contributed by atoms with Gasteiger partial charge in [-0.15, -0.1) is 0 Å². The van der Waals surface area contributed by atoms with Gasteiger partial charge in [0.25, 0.3) is 0 Å². The molecule has 1 saturated heterocycles. The van der Waals surface area contributed by atoms with Crippen molar-refractivity contribution in [2.75, 3.05) is 26.2 Å². The molecule has 0 amide bonds. The molecule has 0 aromatic heterocycles. The van der Waals surface area contributed by atoms with E-state index in [0.29, 0.717) is 6.54 Å². The molecule has 71 valence electrons. The van der Waals surface area contributed by atoms with E-state index in [1.165, 1.54) is 5.92 Å². The van der Waals surface area contributed by atoms with E-state index in [1.807, 2.05) is 0 Å². The van der Waals surface area contributed by atoms with Crippen LogP contribution in [0.15, 0.2) is 0 Å². The first-order chi connectivity index (χ1) is 5.56. The summed E-state index contributed by atoms with van der Waals surface area (Å²) >= 11 is 0. The van der Waals surface area contributed by atoms with Gasteiger partial charge in [0.15, 0.2) is 0 Å². The lowest BCUT2D eigenvalue weighted by molar-refractivity contribution is 0.323. The van der Waals surface area contributed by atoms with E-state index in [2.05, 4.69) is 18.7 Å². The smallest absolute Gasteiger partial charge is 0.0419 e. The zero-order chi connectivity index (χ0) is 9.19. The molecule has 1 rings (SSSR count). The summed E-state index contributed by atoms with van der Waals surface area (Å²) in [6.45, 7) is 8.02. The Hall–Kier alpha value is -0.120. The van der Waals surface area contributed by atoms with Gasteiger partial charge >= 0.3 is 0 Å². The number of hydrogen-bond acceptors (Lipinski definition) is 3. The van der Waals surface area contributed by atoms with Gasteiger partial charge < -0.3 is 16.4 Å². The second-order valence-electron chi connectivity index (χ2n) is 4.23. The van der Waals surface area contributed by atoms with Crippen molar-refractivity contribution in [2.45, 2.75) is 25.8 Å². The van der Waals surface area contributed by atoms with Gasteiger partial charge in [-0.3, -0.25) is 0 Å². The van der Waals surface area contributed by atoms with Gasteiger partial charge in [0, 0.05) is 31.7 Å². The molecule has 1 unspecified atom stereocenters. The van der Waals surface area contributed by atoms with Crippen LogP contribution in [0, 0.1) is 5.92 Å². The van der Waals surface area contributed by atoms with Crippen molar-refractivity contribution in [3.05, 3.63) is 5.92 Å². The summed E-state index contributed by atoms with van der Waals surface area (Å²) in [5, 5.41) is 0. The first-order valence-corrected chi connectivity index (χ1v) is 4.56. The van der Waals surface area contributed by atoms with Gasteiger partial charge in [0.1, 0.15) is 0 Å². The Bertz CT molecular complexity index is 147. The molecule has 1 radical (unpaired) electrons. The van der Waals surface area contributed by atoms with Gasteiger partial charge in [-0.25, -0.2) is 0 Å². The molecule has 1 atom stereocenters. The Balaban J connectivity index is 2.35. The van der Waals surface area contributed by atoms with Gasteiger partial charge in [-0.05, 0) is 12.3 Å². The fourth-order valence-corrected chi connectivity index (χ4v) is 1.73. The summed E-state index contributed by atoms with van der Waals surface area (Å²) in [6, 6.07) is 0. The van der Waals surface area contributed by atoms with Gasteiger partial charge in [-0.1, -0.05) is 13.8 Å². The van der Waals surface area contributed by atoms with Gasteiger partial charge in [0.05, 0.1) is 0 Å². The standard InChI is InChI=1S/C9H20N3/c1-8(2)5-12-4-3-9(11,6-10)7-12/h3-7,10-11H2,1-2H3. The summed E-state index contributed by atoms with van der Waals surface area (Å²) in [7, 11) is 0. The molecule has 3 nitrogen and oxygen atoms in total. The minimum atomic E-state index is -0.116. The molecule has 1 heterocycles. The van der Waals surface area contributed by atoms with Crippen LogP contribution >= 0.6 is 0 Å². The van der Waals surface area contributed by atoms with Crippen molar-refractivity contribution >= 4 is 0 Å². The molecule has 0 saturated carbocycles. The average molecular weight is 170 g/mol. The number of hydrogen-bond donors (Lipinski definition) is 2. The topological polar surface area (TPSA) is 55.3 Å². The molecule has 3 heteroatoms. The second kappa shape index (κ2) is 3.73. The number of nitrogens with zero attached hydrogens (tertiary/aromatic N) is 1. The SMILES string of the molecule is C[C](C)CN1CCC(N)(CN)C1. The molecule has 1 fully saturated rings. The molecule has 1 aliphatic heterocycles. The maximum absolute atomic E-state index is 6.05. The highest BCUT2D eigenvalue weighted by Crippen LogP contribution is 2.18. The third kappa shape index (κ3) is 2.44. The van der Waals surface area contributed by atoms with Crippen LogP contribution in [0.25, 0.3) is 0 Å². The predicted molar refractivity (Wildman–Crippen MR) is 51.6 cm³/mol. The van der Waals surface area contributed by atoms with Crippen LogP contribution < -0.4 is 11.5 Å². The number of nitrogens with two attached hydrogens (primary N) is 2. The second-order valence-corrected chi connectivity index (χ2v) is 4.23.